The molecule has 1 N–H and O–H groups in total. The lowest BCUT2D eigenvalue weighted by Gasteiger charge is -2.24. The van der Waals surface area contributed by atoms with Gasteiger partial charge >= 0.3 is 6.18 Å². The molecule has 0 atom stereocenters. The third kappa shape index (κ3) is 4.09. The van der Waals surface area contributed by atoms with Crippen molar-refractivity contribution >= 4 is 17.3 Å². The predicted octanol–water partition coefficient (Wildman–Crippen LogP) is 3.06. The number of halogens is 4. The molecule has 6 heteroatoms. The van der Waals surface area contributed by atoms with Crippen LogP contribution in [0.1, 0.15) is 5.56 Å². The largest absolute Gasteiger partial charge is 0.405 e. The minimum absolute atomic E-state index is 0.428. The normalized spacial score (nSPS) is 11.6. The Hall–Kier alpha value is -0.940. The highest BCUT2D eigenvalue weighted by atomic mass is 35.5. The highest BCUT2D eigenvalue weighted by molar-refractivity contribution is 6.31. The zero-order valence-corrected chi connectivity index (χ0v) is 10.4. The molecule has 0 heterocycles. The Bertz CT molecular complexity index is 379. The van der Waals surface area contributed by atoms with Gasteiger partial charge < -0.3 is 10.2 Å². The molecular formula is C11H14ClF3N2. The van der Waals surface area contributed by atoms with Crippen LogP contribution >= 0.6 is 11.6 Å². The van der Waals surface area contributed by atoms with Crippen LogP contribution in [0.15, 0.2) is 18.2 Å². The molecule has 0 amide bonds. The van der Waals surface area contributed by atoms with Gasteiger partial charge in [0.15, 0.2) is 0 Å². The first-order valence-electron chi connectivity index (χ1n) is 5.05. The van der Waals surface area contributed by atoms with E-state index in [-0.39, 0.29) is 0 Å². The van der Waals surface area contributed by atoms with E-state index in [1.165, 1.54) is 7.05 Å². The van der Waals surface area contributed by atoms with Crippen molar-refractivity contribution in [1.82, 2.24) is 5.32 Å². The van der Waals surface area contributed by atoms with Crippen molar-refractivity contribution in [3.05, 3.63) is 28.8 Å². The van der Waals surface area contributed by atoms with E-state index in [9.17, 15) is 13.2 Å². The molecule has 0 bridgehead atoms. The molecule has 0 aliphatic rings. The van der Waals surface area contributed by atoms with Crippen LogP contribution < -0.4 is 10.2 Å². The standard InChI is InChI=1S/C11H14ClF3N2/c1-16-6-8-9(12)4-3-5-10(8)17(2)7-11(13,14)15/h3-5,16H,6-7H2,1-2H3. The second-order valence-corrected chi connectivity index (χ2v) is 4.15. The Balaban J connectivity index is 3.00. The fourth-order valence-corrected chi connectivity index (χ4v) is 1.85. The Morgan fingerprint density at radius 2 is 2.00 bits per heavy atom. The quantitative estimate of drug-likeness (QED) is 0.901. The Morgan fingerprint density at radius 3 is 2.53 bits per heavy atom. The Kier molecular flexibility index (Phi) is 4.65. The number of alkyl halides is 3. The van der Waals surface area contributed by atoms with Crippen LogP contribution in [0.4, 0.5) is 18.9 Å². The van der Waals surface area contributed by atoms with Gasteiger partial charge in [-0.3, -0.25) is 0 Å². The van der Waals surface area contributed by atoms with Crippen LogP contribution in [-0.4, -0.2) is 26.8 Å². The average molecular weight is 267 g/mol. The summed E-state index contributed by atoms with van der Waals surface area (Å²) in [4.78, 5) is 1.15. The van der Waals surface area contributed by atoms with E-state index < -0.39 is 12.7 Å². The van der Waals surface area contributed by atoms with E-state index in [4.69, 9.17) is 11.6 Å². The topological polar surface area (TPSA) is 15.3 Å². The average Bonchev–Trinajstić information content (AvgIpc) is 2.18. The van der Waals surface area contributed by atoms with Gasteiger partial charge in [-0.1, -0.05) is 17.7 Å². The molecule has 0 fully saturated rings. The number of benzene rings is 1. The van der Waals surface area contributed by atoms with Crippen LogP contribution in [-0.2, 0) is 6.54 Å². The van der Waals surface area contributed by atoms with E-state index >= 15 is 0 Å². The summed E-state index contributed by atoms with van der Waals surface area (Å²) in [7, 11) is 3.12. The van der Waals surface area contributed by atoms with E-state index in [0.717, 1.165) is 4.90 Å². The molecular weight excluding hydrogens is 253 g/mol. The molecule has 0 spiro atoms. The molecule has 1 aromatic carbocycles. The van der Waals surface area contributed by atoms with E-state index in [2.05, 4.69) is 5.32 Å². The summed E-state index contributed by atoms with van der Waals surface area (Å²) in [5.41, 5.74) is 1.16. The van der Waals surface area contributed by atoms with Crippen LogP contribution in [0.2, 0.25) is 5.02 Å². The molecule has 0 aromatic heterocycles. The van der Waals surface area contributed by atoms with Crippen molar-refractivity contribution in [1.29, 1.82) is 0 Å². The van der Waals surface area contributed by atoms with Gasteiger partial charge in [-0.25, -0.2) is 0 Å². The van der Waals surface area contributed by atoms with Gasteiger partial charge in [-0.05, 0) is 19.2 Å². The molecule has 0 saturated carbocycles. The first-order chi connectivity index (χ1) is 7.85. The second kappa shape index (κ2) is 5.60. The third-order valence-corrected chi connectivity index (χ3v) is 2.63. The summed E-state index contributed by atoms with van der Waals surface area (Å²) in [6.07, 6.45) is -4.23. The first kappa shape index (κ1) is 14.1. The fourth-order valence-electron chi connectivity index (χ4n) is 1.61. The molecule has 96 valence electrons. The summed E-state index contributed by atoms with van der Waals surface area (Å²) >= 11 is 5.98. The zero-order chi connectivity index (χ0) is 13.1. The minimum atomic E-state index is -4.23. The van der Waals surface area contributed by atoms with Crippen LogP contribution in [0.3, 0.4) is 0 Å². The lowest BCUT2D eigenvalue weighted by atomic mass is 10.1. The molecule has 17 heavy (non-hydrogen) atoms. The lowest BCUT2D eigenvalue weighted by Crippen LogP contribution is -2.31. The molecule has 0 saturated heterocycles. The monoisotopic (exact) mass is 266 g/mol. The highest BCUT2D eigenvalue weighted by Gasteiger charge is 2.30. The second-order valence-electron chi connectivity index (χ2n) is 3.74. The minimum Gasteiger partial charge on any atom is -0.365 e. The SMILES string of the molecule is CNCc1c(Cl)cccc1N(C)CC(F)(F)F. The first-order valence-corrected chi connectivity index (χ1v) is 5.43. The van der Waals surface area contributed by atoms with Crippen LogP contribution in [0.25, 0.3) is 0 Å². The maximum absolute atomic E-state index is 12.3. The molecule has 0 aliphatic heterocycles. The van der Waals surface area contributed by atoms with Crippen LogP contribution in [0, 0.1) is 0 Å². The van der Waals surface area contributed by atoms with Gasteiger partial charge in [0, 0.05) is 29.9 Å². The van der Waals surface area contributed by atoms with Crippen molar-refractivity contribution < 1.29 is 13.2 Å². The Morgan fingerprint density at radius 1 is 1.35 bits per heavy atom. The highest BCUT2D eigenvalue weighted by Crippen LogP contribution is 2.28. The molecule has 0 aliphatic carbocycles. The summed E-state index contributed by atoms with van der Waals surface area (Å²) in [5.74, 6) is 0. The summed E-state index contributed by atoms with van der Waals surface area (Å²) in [5, 5.41) is 3.35. The van der Waals surface area contributed by atoms with Gasteiger partial charge in [0.2, 0.25) is 0 Å². The van der Waals surface area contributed by atoms with E-state index in [0.29, 0.717) is 22.8 Å². The number of nitrogens with zero attached hydrogens (tertiary/aromatic N) is 1. The summed E-state index contributed by atoms with van der Waals surface area (Å²) < 4.78 is 37.0. The van der Waals surface area contributed by atoms with Gasteiger partial charge in [-0.2, -0.15) is 13.2 Å². The molecule has 0 unspecified atom stereocenters. The molecule has 2 nitrogen and oxygen atoms in total. The maximum Gasteiger partial charge on any atom is 0.405 e. The van der Waals surface area contributed by atoms with Gasteiger partial charge in [0.05, 0.1) is 0 Å². The predicted molar refractivity (Wildman–Crippen MR) is 63.5 cm³/mol. The number of anilines is 1. The summed E-state index contributed by atoms with van der Waals surface area (Å²) in [6, 6.07) is 4.94. The summed E-state index contributed by atoms with van der Waals surface area (Å²) in [6.45, 7) is -0.568. The van der Waals surface area contributed by atoms with Crippen molar-refractivity contribution in [2.45, 2.75) is 12.7 Å². The van der Waals surface area contributed by atoms with Crippen molar-refractivity contribution in [3.63, 3.8) is 0 Å². The fraction of sp³-hybridized carbons (Fsp3) is 0.455. The maximum atomic E-state index is 12.3. The van der Waals surface area contributed by atoms with Crippen molar-refractivity contribution in [2.75, 3.05) is 25.5 Å². The number of nitrogens with one attached hydrogen (secondary N) is 1. The number of hydrogen-bond acceptors (Lipinski definition) is 2. The van der Waals surface area contributed by atoms with E-state index in [1.54, 1.807) is 25.2 Å². The Labute approximate surface area is 103 Å². The molecule has 1 rings (SSSR count). The lowest BCUT2D eigenvalue weighted by molar-refractivity contribution is -0.119. The molecule has 1 aromatic rings. The molecule has 0 radical (unpaired) electrons. The van der Waals surface area contributed by atoms with Gasteiger partial charge in [0.1, 0.15) is 6.54 Å². The van der Waals surface area contributed by atoms with Crippen LogP contribution in [0.5, 0.6) is 0 Å². The zero-order valence-electron chi connectivity index (χ0n) is 9.61. The third-order valence-electron chi connectivity index (χ3n) is 2.28. The van der Waals surface area contributed by atoms with Gasteiger partial charge in [0.25, 0.3) is 0 Å². The number of hydrogen-bond donors (Lipinski definition) is 1. The van der Waals surface area contributed by atoms with E-state index in [1.807, 2.05) is 0 Å². The van der Waals surface area contributed by atoms with Crippen molar-refractivity contribution in [2.24, 2.45) is 0 Å². The smallest absolute Gasteiger partial charge is 0.365 e. The van der Waals surface area contributed by atoms with Gasteiger partial charge in [-0.15, -0.1) is 0 Å². The number of rotatable bonds is 4. The van der Waals surface area contributed by atoms with Crippen molar-refractivity contribution in [3.8, 4) is 0 Å².